The molecule has 2 aromatic rings. The zero-order valence-corrected chi connectivity index (χ0v) is 12.0. The number of piperazine rings is 1. The Kier molecular flexibility index (Phi) is 4.37. The Bertz CT molecular complexity index is 553. The number of ether oxygens (including phenoxy) is 1. The molecule has 21 heavy (non-hydrogen) atoms. The van der Waals surface area contributed by atoms with Gasteiger partial charge in [-0.1, -0.05) is 5.16 Å². The molecule has 1 fully saturated rings. The molecule has 0 radical (unpaired) electrons. The number of hydrogen-bond acceptors (Lipinski definition) is 8. The summed E-state index contributed by atoms with van der Waals surface area (Å²) < 4.78 is 10.1. The highest BCUT2D eigenvalue weighted by atomic mass is 16.5. The molecule has 0 atom stereocenters. The maximum atomic E-state index is 5.10. The highest BCUT2D eigenvalue weighted by Crippen LogP contribution is 2.12. The van der Waals surface area contributed by atoms with E-state index in [0.29, 0.717) is 24.9 Å². The Hall–Kier alpha value is -2.06. The number of methoxy groups -OCH3 is 1. The molecule has 3 rings (SSSR count). The normalized spacial score (nSPS) is 16.3. The van der Waals surface area contributed by atoms with E-state index < -0.39 is 0 Å². The zero-order chi connectivity index (χ0) is 14.5. The summed E-state index contributed by atoms with van der Waals surface area (Å²) in [5, 5.41) is 3.96. The van der Waals surface area contributed by atoms with Crippen molar-refractivity contribution in [3.05, 3.63) is 30.3 Å². The standard InChI is InChI=1S/C13H18N6O2/c1-20-10-13-16-11(17-21-13)9-18-4-6-19(7-5-18)12-8-14-2-3-15-12/h2-3,8H,4-7,9-10H2,1H3. The van der Waals surface area contributed by atoms with E-state index >= 15 is 0 Å². The van der Waals surface area contributed by atoms with Crippen LogP contribution in [0.1, 0.15) is 11.7 Å². The Morgan fingerprint density at radius 3 is 2.81 bits per heavy atom. The molecule has 0 aliphatic carbocycles. The fraction of sp³-hybridized carbons (Fsp3) is 0.538. The molecule has 1 saturated heterocycles. The first-order valence-electron chi connectivity index (χ1n) is 6.89. The topological polar surface area (TPSA) is 80.4 Å². The molecule has 0 unspecified atom stereocenters. The van der Waals surface area contributed by atoms with Gasteiger partial charge in [-0.25, -0.2) is 4.98 Å². The van der Waals surface area contributed by atoms with Crippen molar-refractivity contribution in [3.63, 3.8) is 0 Å². The number of aromatic nitrogens is 4. The molecule has 112 valence electrons. The van der Waals surface area contributed by atoms with E-state index in [1.165, 1.54) is 0 Å². The lowest BCUT2D eigenvalue weighted by Gasteiger charge is -2.34. The van der Waals surface area contributed by atoms with Crippen LogP contribution in [0.3, 0.4) is 0 Å². The second-order valence-electron chi connectivity index (χ2n) is 4.86. The third-order valence-electron chi connectivity index (χ3n) is 3.39. The van der Waals surface area contributed by atoms with Gasteiger partial charge in [0.1, 0.15) is 12.4 Å². The largest absolute Gasteiger partial charge is 0.375 e. The molecule has 0 saturated carbocycles. The van der Waals surface area contributed by atoms with Gasteiger partial charge in [0, 0.05) is 45.7 Å². The van der Waals surface area contributed by atoms with Gasteiger partial charge < -0.3 is 14.2 Å². The number of rotatable bonds is 5. The number of nitrogens with zero attached hydrogens (tertiary/aromatic N) is 6. The first-order chi connectivity index (χ1) is 10.3. The van der Waals surface area contributed by atoms with Crippen LogP contribution in [0.15, 0.2) is 23.1 Å². The molecule has 0 amide bonds. The van der Waals surface area contributed by atoms with Crippen molar-refractivity contribution >= 4 is 5.82 Å². The van der Waals surface area contributed by atoms with Gasteiger partial charge in [0.15, 0.2) is 5.82 Å². The smallest absolute Gasteiger partial charge is 0.252 e. The van der Waals surface area contributed by atoms with E-state index in [-0.39, 0.29) is 0 Å². The first-order valence-corrected chi connectivity index (χ1v) is 6.89. The molecule has 0 N–H and O–H groups in total. The van der Waals surface area contributed by atoms with E-state index in [1.54, 1.807) is 25.7 Å². The van der Waals surface area contributed by atoms with Gasteiger partial charge in [0.05, 0.1) is 12.7 Å². The lowest BCUT2D eigenvalue weighted by molar-refractivity contribution is 0.151. The van der Waals surface area contributed by atoms with Crippen LogP contribution >= 0.6 is 0 Å². The Balaban J connectivity index is 1.51. The van der Waals surface area contributed by atoms with Gasteiger partial charge in [0.25, 0.3) is 5.89 Å². The van der Waals surface area contributed by atoms with Gasteiger partial charge >= 0.3 is 0 Å². The van der Waals surface area contributed by atoms with Crippen molar-refractivity contribution in [2.24, 2.45) is 0 Å². The van der Waals surface area contributed by atoms with Gasteiger partial charge in [-0.3, -0.25) is 9.88 Å². The van der Waals surface area contributed by atoms with Crippen molar-refractivity contribution in [3.8, 4) is 0 Å². The molecule has 1 aliphatic rings. The van der Waals surface area contributed by atoms with Crippen LogP contribution in [0.5, 0.6) is 0 Å². The van der Waals surface area contributed by atoms with Crippen molar-refractivity contribution in [1.82, 2.24) is 25.0 Å². The Morgan fingerprint density at radius 1 is 1.24 bits per heavy atom. The van der Waals surface area contributed by atoms with E-state index in [1.807, 2.05) is 0 Å². The molecule has 3 heterocycles. The van der Waals surface area contributed by atoms with Crippen LogP contribution in [0, 0.1) is 0 Å². The van der Waals surface area contributed by atoms with E-state index in [0.717, 1.165) is 32.0 Å². The minimum Gasteiger partial charge on any atom is -0.375 e. The number of hydrogen-bond donors (Lipinski definition) is 0. The van der Waals surface area contributed by atoms with Crippen LogP contribution < -0.4 is 4.90 Å². The van der Waals surface area contributed by atoms with Crippen LogP contribution in [0.2, 0.25) is 0 Å². The van der Waals surface area contributed by atoms with Crippen molar-refractivity contribution in [1.29, 1.82) is 0 Å². The minimum absolute atomic E-state index is 0.355. The fourth-order valence-corrected chi connectivity index (χ4v) is 2.33. The molecule has 0 aromatic carbocycles. The fourth-order valence-electron chi connectivity index (χ4n) is 2.33. The molecule has 8 heteroatoms. The predicted molar refractivity (Wildman–Crippen MR) is 74.5 cm³/mol. The van der Waals surface area contributed by atoms with Crippen molar-refractivity contribution < 1.29 is 9.26 Å². The van der Waals surface area contributed by atoms with Crippen LogP contribution in [-0.2, 0) is 17.9 Å². The third-order valence-corrected chi connectivity index (χ3v) is 3.39. The Labute approximate surface area is 122 Å². The van der Waals surface area contributed by atoms with Gasteiger partial charge in [0.2, 0.25) is 0 Å². The highest BCUT2D eigenvalue weighted by molar-refractivity contribution is 5.35. The average Bonchev–Trinajstić information content (AvgIpc) is 2.97. The summed E-state index contributed by atoms with van der Waals surface area (Å²) in [7, 11) is 1.61. The van der Waals surface area contributed by atoms with Crippen LogP contribution in [0.25, 0.3) is 0 Å². The van der Waals surface area contributed by atoms with Crippen LogP contribution in [-0.4, -0.2) is 58.3 Å². The second-order valence-corrected chi connectivity index (χ2v) is 4.86. The summed E-state index contributed by atoms with van der Waals surface area (Å²) in [6, 6.07) is 0. The van der Waals surface area contributed by atoms with Crippen LogP contribution in [0.4, 0.5) is 5.82 Å². The summed E-state index contributed by atoms with van der Waals surface area (Å²) in [4.78, 5) is 17.3. The minimum atomic E-state index is 0.355. The quantitative estimate of drug-likeness (QED) is 0.779. The Morgan fingerprint density at radius 2 is 2.10 bits per heavy atom. The summed E-state index contributed by atoms with van der Waals surface area (Å²) in [5.74, 6) is 2.15. The molecular weight excluding hydrogens is 272 g/mol. The highest BCUT2D eigenvalue weighted by Gasteiger charge is 2.19. The van der Waals surface area contributed by atoms with Gasteiger partial charge in [-0.2, -0.15) is 4.98 Å². The van der Waals surface area contributed by atoms with E-state index in [4.69, 9.17) is 9.26 Å². The van der Waals surface area contributed by atoms with Gasteiger partial charge in [-0.15, -0.1) is 0 Å². The summed E-state index contributed by atoms with van der Waals surface area (Å²) in [6.07, 6.45) is 5.21. The molecule has 1 aliphatic heterocycles. The third kappa shape index (κ3) is 3.53. The molecule has 0 spiro atoms. The van der Waals surface area contributed by atoms with Gasteiger partial charge in [-0.05, 0) is 0 Å². The summed E-state index contributed by atoms with van der Waals surface area (Å²) >= 11 is 0. The molecular formula is C13H18N6O2. The monoisotopic (exact) mass is 290 g/mol. The summed E-state index contributed by atoms with van der Waals surface area (Å²) in [6.45, 7) is 4.76. The van der Waals surface area contributed by atoms with E-state index in [9.17, 15) is 0 Å². The SMILES string of the molecule is COCc1nc(CN2CCN(c3cnccn3)CC2)no1. The average molecular weight is 290 g/mol. The second kappa shape index (κ2) is 6.59. The van der Waals surface area contributed by atoms with Crippen molar-refractivity contribution in [2.45, 2.75) is 13.2 Å². The van der Waals surface area contributed by atoms with Crippen molar-refractivity contribution in [2.75, 3.05) is 38.2 Å². The molecule has 2 aromatic heterocycles. The summed E-state index contributed by atoms with van der Waals surface area (Å²) in [5.41, 5.74) is 0. The maximum Gasteiger partial charge on any atom is 0.252 e. The number of anilines is 1. The van der Waals surface area contributed by atoms with E-state index in [2.05, 4.69) is 29.9 Å². The zero-order valence-electron chi connectivity index (χ0n) is 12.0. The lowest BCUT2D eigenvalue weighted by Crippen LogP contribution is -2.46. The maximum absolute atomic E-state index is 5.10. The lowest BCUT2D eigenvalue weighted by atomic mass is 10.3. The first kappa shape index (κ1) is 13.9. The molecule has 0 bridgehead atoms. The predicted octanol–water partition coefficient (Wildman–Crippen LogP) is 0.328. The molecule has 8 nitrogen and oxygen atoms in total.